The molecular formula is C18H22N2O2S. The number of nitrogens with one attached hydrogen (secondary N) is 2. The minimum atomic E-state index is -0.145. The zero-order valence-corrected chi connectivity index (χ0v) is 14.7. The molecule has 1 heterocycles. The third-order valence-corrected chi connectivity index (χ3v) is 4.60. The van der Waals surface area contributed by atoms with Gasteiger partial charge in [0.25, 0.3) is 5.91 Å². The van der Waals surface area contributed by atoms with Crippen molar-refractivity contribution in [3.8, 4) is 0 Å². The van der Waals surface area contributed by atoms with E-state index in [1.165, 1.54) is 9.75 Å². The minimum absolute atomic E-state index is 0.0543. The zero-order chi connectivity index (χ0) is 17.0. The molecule has 5 heteroatoms. The van der Waals surface area contributed by atoms with Gasteiger partial charge in [-0.15, -0.1) is 11.3 Å². The molecule has 0 bridgehead atoms. The van der Waals surface area contributed by atoms with Crippen molar-refractivity contribution in [1.82, 2.24) is 5.32 Å². The average molecular weight is 330 g/mol. The van der Waals surface area contributed by atoms with E-state index in [4.69, 9.17) is 0 Å². The Bertz CT molecular complexity index is 722. The van der Waals surface area contributed by atoms with Crippen LogP contribution in [0.3, 0.4) is 0 Å². The molecule has 0 unspecified atom stereocenters. The Kier molecular flexibility index (Phi) is 5.55. The second kappa shape index (κ2) is 7.42. The quantitative estimate of drug-likeness (QED) is 0.863. The van der Waals surface area contributed by atoms with E-state index in [1.54, 1.807) is 42.5 Å². The second-order valence-corrected chi connectivity index (χ2v) is 7.01. The van der Waals surface area contributed by atoms with Crippen LogP contribution in [0.2, 0.25) is 0 Å². The van der Waals surface area contributed by atoms with Gasteiger partial charge in [-0.05, 0) is 50.6 Å². The van der Waals surface area contributed by atoms with Gasteiger partial charge in [-0.25, -0.2) is 0 Å². The van der Waals surface area contributed by atoms with E-state index in [0.717, 1.165) is 5.56 Å². The number of anilines is 1. The number of amides is 2. The van der Waals surface area contributed by atoms with Crippen LogP contribution < -0.4 is 10.6 Å². The minimum Gasteiger partial charge on any atom is -0.345 e. The molecule has 2 aromatic rings. The molecular weight excluding hydrogens is 308 g/mol. The topological polar surface area (TPSA) is 58.2 Å². The Morgan fingerprint density at radius 3 is 2.57 bits per heavy atom. The van der Waals surface area contributed by atoms with Crippen LogP contribution in [0, 0.1) is 13.8 Å². The SMILES string of the molecule is CCC(=O)Nc1cccc(C(=O)N[C@H](C)c2cc(C)sc2C)c1. The summed E-state index contributed by atoms with van der Waals surface area (Å²) in [6.45, 7) is 7.90. The van der Waals surface area contributed by atoms with Crippen molar-refractivity contribution in [3.63, 3.8) is 0 Å². The van der Waals surface area contributed by atoms with Crippen molar-refractivity contribution in [2.24, 2.45) is 0 Å². The lowest BCUT2D eigenvalue weighted by Crippen LogP contribution is -2.26. The molecule has 2 amide bonds. The first-order valence-corrected chi connectivity index (χ1v) is 8.50. The van der Waals surface area contributed by atoms with Crippen LogP contribution in [0.15, 0.2) is 30.3 Å². The molecule has 0 fully saturated rings. The maximum absolute atomic E-state index is 12.4. The number of carbonyl (C=O) groups excluding carboxylic acids is 2. The average Bonchev–Trinajstić information content (AvgIpc) is 2.86. The van der Waals surface area contributed by atoms with E-state index in [2.05, 4.69) is 30.5 Å². The highest BCUT2D eigenvalue weighted by Crippen LogP contribution is 2.26. The predicted molar refractivity (Wildman–Crippen MR) is 95.0 cm³/mol. The summed E-state index contributed by atoms with van der Waals surface area (Å²) in [5.74, 6) is -0.214. The predicted octanol–water partition coefficient (Wildman–Crippen LogP) is 4.20. The molecule has 1 atom stereocenters. The van der Waals surface area contributed by atoms with Crippen LogP contribution in [0.1, 0.15) is 52.0 Å². The highest BCUT2D eigenvalue weighted by Gasteiger charge is 2.15. The van der Waals surface area contributed by atoms with Crippen LogP contribution in [0.5, 0.6) is 0 Å². The lowest BCUT2D eigenvalue weighted by atomic mass is 10.1. The van der Waals surface area contributed by atoms with Crippen molar-refractivity contribution < 1.29 is 9.59 Å². The first-order chi connectivity index (χ1) is 10.9. The highest BCUT2D eigenvalue weighted by molar-refractivity contribution is 7.12. The molecule has 0 spiro atoms. The van der Waals surface area contributed by atoms with Crippen LogP contribution in [-0.4, -0.2) is 11.8 Å². The molecule has 0 aliphatic heterocycles. The maximum atomic E-state index is 12.4. The first-order valence-electron chi connectivity index (χ1n) is 7.68. The van der Waals surface area contributed by atoms with Crippen LogP contribution in [-0.2, 0) is 4.79 Å². The third kappa shape index (κ3) is 4.42. The Morgan fingerprint density at radius 2 is 1.96 bits per heavy atom. The van der Waals surface area contributed by atoms with Gasteiger partial charge in [-0.2, -0.15) is 0 Å². The van der Waals surface area contributed by atoms with E-state index in [-0.39, 0.29) is 17.9 Å². The summed E-state index contributed by atoms with van der Waals surface area (Å²) in [5, 5.41) is 5.78. The second-order valence-electron chi connectivity index (χ2n) is 5.55. The molecule has 0 radical (unpaired) electrons. The van der Waals surface area contributed by atoms with Gasteiger partial charge in [0, 0.05) is 27.4 Å². The van der Waals surface area contributed by atoms with Crippen LogP contribution in [0.25, 0.3) is 0 Å². The molecule has 1 aromatic heterocycles. The van der Waals surface area contributed by atoms with Gasteiger partial charge in [0.1, 0.15) is 0 Å². The normalized spacial score (nSPS) is 11.8. The van der Waals surface area contributed by atoms with E-state index >= 15 is 0 Å². The highest BCUT2D eigenvalue weighted by atomic mass is 32.1. The van der Waals surface area contributed by atoms with Gasteiger partial charge in [0.2, 0.25) is 5.91 Å². The van der Waals surface area contributed by atoms with Gasteiger partial charge in [0.15, 0.2) is 0 Å². The molecule has 2 N–H and O–H groups in total. The zero-order valence-electron chi connectivity index (χ0n) is 13.9. The Balaban J connectivity index is 2.10. The summed E-state index contributed by atoms with van der Waals surface area (Å²) in [7, 11) is 0. The summed E-state index contributed by atoms with van der Waals surface area (Å²) in [5.41, 5.74) is 2.33. The molecule has 1 aromatic carbocycles. The van der Waals surface area contributed by atoms with Gasteiger partial charge in [-0.1, -0.05) is 13.0 Å². The van der Waals surface area contributed by atoms with E-state index in [1.807, 2.05) is 6.92 Å². The van der Waals surface area contributed by atoms with Crippen LogP contribution >= 0.6 is 11.3 Å². The largest absolute Gasteiger partial charge is 0.345 e. The van der Waals surface area contributed by atoms with Crippen molar-refractivity contribution in [2.75, 3.05) is 5.32 Å². The van der Waals surface area contributed by atoms with E-state index in [9.17, 15) is 9.59 Å². The standard InChI is InChI=1S/C18H22N2O2S/c1-5-17(21)20-15-8-6-7-14(10-15)18(22)19-12(3)16-9-11(2)23-13(16)4/h6-10,12H,5H2,1-4H3,(H,19,22)(H,20,21)/t12-/m1/s1. The monoisotopic (exact) mass is 330 g/mol. The van der Waals surface area contributed by atoms with Crippen molar-refractivity contribution in [1.29, 1.82) is 0 Å². The molecule has 0 saturated heterocycles. The van der Waals surface area contributed by atoms with Crippen molar-refractivity contribution in [2.45, 2.75) is 40.2 Å². The first kappa shape index (κ1) is 17.2. The van der Waals surface area contributed by atoms with Crippen LogP contribution in [0.4, 0.5) is 5.69 Å². The van der Waals surface area contributed by atoms with Gasteiger partial charge in [-0.3, -0.25) is 9.59 Å². The number of carbonyl (C=O) groups is 2. The Morgan fingerprint density at radius 1 is 1.22 bits per heavy atom. The molecule has 2 rings (SSSR count). The maximum Gasteiger partial charge on any atom is 0.251 e. The Labute approximate surface area is 140 Å². The summed E-state index contributed by atoms with van der Waals surface area (Å²) in [6.07, 6.45) is 0.407. The number of hydrogen-bond donors (Lipinski definition) is 2. The van der Waals surface area contributed by atoms with E-state index < -0.39 is 0 Å². The Hall–Kier alpha value is -2.14. The molecule has 0 aliphatic carbocycles. The smallest absolute Gasteiger partial charge is 0.251 e. The number of aryl methyl sites for hydroxylation is 2. The van der Waals surface area contributed by atoms with Gasteiger partial charge >= 0.3 is 0 Å². The number of rotatable bonds is 5. The molecule has 0 aliphatic rings. The molecule has 4 nitrogen and oxygen atoms in total. The summed E-state index contributed by atoms with van der Waals surface area (Å²) in [4.78, 5) is 26.3. The fourth-order valence-electron chi connectivity index (χ4n) is 2.43. The fraction of sp³-hybridized carbons (Fsp3) is 0.333. The number of thiophene rings is 1. The number of hydrogen-bond acceptors (Lipinski definition) is 3. The summed E-state index contributed by atoms with van der Waals surface area (Å²) < 4.78 is 0. The van der Waals surface area contributed by atoms with Crippen molar-refractivity contribution in [3.05, 3.63) is 51.2 Å². The number of benzene rings is 1. The van der Waals surface area contributed by atoms with E-state index in [0.29, 0.717) is 17.7 Å². The van der Waals surface area contributed by atoms with Gasteiger partial charge < -0.3 is 10.6 Å². The molecule has 0 saturated carbocycles. The fourth-order valence-corrected chi connectivity index (χ4v) is 3.45. The third-order valence-electron chi connectivity index (χ3n) is 3.62. The summed E-state index contributed by atoms with van der Waals surface area (Å²) >= 11 is 1.73. The molecule has 23 heavy (non-hydrogen) atoms. The lowest BCUT2D eigenvalue weighted by Gasteiger charge is -2.14. The van der Waals surface area contributed by atoms with Gasteiger partial charge in [0.05, 0.1) is 6.04 Å². The molecule has 122 valence electrons. The van der Waals surface area contributed by atoms with Crippen molar-refractivity contribution >= 4 is 28.8 Å². The lowest BCUT2D eigenvalue weighted by molar-refractivity contribution is -0.115. The summed E-state index contributed by atoms with van der Waals surface area (Å²) in [6, 6.07) is 9.05.